The molecule has 9 aromatic carbocycles. The first kappa shape index (κ1) is 30.3. The average Bonchev–Trinajstić information content (AvgIpc) is 3.91. The summed E-state index contributed by atoms with van der Waals surface area (Å²) in [5.74, 6) is 0. The second-order valence-electron chi connectivity index (χ2n) is 14.8. The maximum absolute atomic E-state index is 2.55. The second-order valence-corrected chi connectivity index (χ2v) is 15.9. The lowest BCUT2D eigenvalue weighted by atomic mass is 10.0. The quantitative estimate of drug-likeness (QED) is 0.177. The van der Waals surface area contributed by atoms with Crippen LogP contribution in [0.1, 0.15) is 0 Å². The third-order valence-electron chi connectivity index (χ3n) is 12.0. The van der Waals surface area contributed by atoms with Gasteiger partial charge in [-0.05, 0) is 64.2 Å². The molecule has 0 aliphatic carbocycles. The number of nitrogens with zero attached hydrogens (tertiary/aromatic N) is 3. The van der Waals surface area contributed by atoms with Crippen molar-refractivity contribution in [3.8, 4) is 28.2 Å². The minimum absolute atomic E-state index is 1.16. The van der Waals surface area contributed by atoms with Crippen LogP contribution in [-0.4, -0.2) is 13.7 Å². The molecule has 1 aliphatic rings. The first-order valence-corrected chi connectivity index (χ1v) is 20.0. The summed E-state index contributed by atoms with van der Waals surface area (Å²) in [4.78, 5) is 2.53. The van der Waals surface area contributed by atoms with E-state index in [1.54, 1.807) is 0 Å². The van der Waals surface area contributed by atoms with Crippen LogP contribution in [0.4, 0.5) is 0 Å². The van der Waals surface area contributed by atoms with Crippen molar-refractivity contribution >= 4 is 88.0 Å². The summed E-state index contributed by atoms with van der Waals surface area (Å²) in [7, 11) is 0. The molecule has 1 aliphatic heterocycles. The normalized spacial score (nSPS) is 12.6. The van der Waals surface area contributed by atoms with E-state index in [1.807, 2.05) is 11.8 Å². The van der Waals surface area contributed by atoms with Crippen molar-refractivity contribution in [3.05, 3.63) is 188 Å². The number of hydrogen-bond acceptors (Lipinski definition) is 1. The van der Waals surface area contributed by atoms with Gasteiger partial charge in [0.25, 0.3) is 0 Å². The zero-order chi connectivity index (χ0) is 36.5. The summed E-state index contributed by atoms with van der Waals surface area (Å²) < 4.78 is 7.54. The Morgan fingerprint density at radius 2 is 0.982 bits per heavy atom. The number of aromatic nitrogens is 3. The monoisotopic (exact) mass is 729 g/mol. The molecule has 0 N–H and O–H groups in total. The lowest BCUT2D eigenvalue weighted by Crippen LogP contribution is -2.07. The van der Waals surface area contributed by atoms with Crippen LogP contribution in [0.2, 0.25) is 0 Å². The van der Waals surface area contributed by atoms with E-state index in [-0.39, 0.29) is 0 Å². The molecule has 0 fully saturated rings. The Morgan fingerprint density at radius 3 is 1.88 bits per heavy atom. The number of rotatable bonds is 3. The van der Waals surface area contributed by atoms with Gasteiger partial charge in [0.2, 0.25) is 0 Å². The highest BCUT2D eigenvalue weighted by Gasteiger charge is 2.30. The molecule has 56 heavy (non-hydrogen) atoms. The Hall–Kier alpha value is -7.01. The molecule has 0 unspecified atom stereocenters. The average molecular weight is 730 g/mol. The van der Waals surface area contributed by atoms with Crippen molar-refractivity contribution in [2.75, 3.05) is 0 Å². The second kappa shape index (κ2) is 11.3. The first-order valence-electron chi connectivity index (χ1n) is 19.2. The van der Waals surface area contributed by atoms with E-state index >= 15 is 0 Å². The first-order chi connectivity index (χ1) is 27.8. The molecule has 0 bridgehead atoms. The van der Waals surface area contributed by atoms with E-state index in [1.165, 1.54) is 108 Å². The molecule has 0 spiro atoms. The van der Waals surface area contributed by atoms with Crippen LogP contribution in [-0.2, 0) is 0 Å². The number of hydrogen-bond donors (Lipinski definition) is 0. The topological polar surface area (TPSA) is 14.8 Å². The maximum Gasteiger partial charge on any atom is 0.131 e. The summed E-state index contributed by atoms with van der Waals surface area (Å²) in [5, 5.41) is 11.5. The molecule has 13 rings (SSSR count). The van der Waals surface area contributed by atoms with Crippen LogP contribution in [0.3, 0.4) is 0 Å². The molecular weight excluding hydrogens is 699 g/mol. The van der Waals surface area contributed by atoms with Gasteiger partial charge in [0.15, 0.2) is 0 Å². The largest absolute Gasteiger partial charge is 0.308 e. The van der Waals surface area contributed by atoms with Crippen molar-refractivity contribution in [1.29, 1.82) is 0 Å². The Labute approximate surface area is 326 Å². The minimum atomic E-state index is 1.16. The molecule has 0 radical (unpaired) electrons. The Balaban J connectivity index is 1.14. The van der Waals surface area contributed by atoms with Crippen molar-refractivity contribution in [2.24, 2.45) is 0 Å². The van der Waals surface area contributed by atoms with E-state index in [9.17, 15) is 0 Å². The van der Waals surface area contributed by atoms with Gasteiger partial charge in [-0.25, -0.2) is 0 Å². The van der Waals surface area contributed by atoms with Gasteiger partial charge in [0.1, 0.15) is 5.65 Å². The molecule has 0 saturated heterocycles. The molecule has 12 aromatic rings. The van der Waals surface area contributed by atoms with Crippen LogP contribution in [0.5, 0.6) is 0 Å². The van der Waals surface area contributed by atoms with Crippen LogP contribution in [0.25, 0.3) is 104 Å². The van der Waals surface area contributed by atoms with E-state index in [0.717, 1.165) is 5.69 Å². The van der Waals surface area contributed by atoms with Crippen LogP contribution in [0, 0.1) is 0 Å². The van der Waals surface area contributed by atoms with E-state index in [4.69, 9.17) is 0 Å². The van der Waals surface area contributed by atoms with Gasteiger partial charge in [0, 0.05) is 53.4 Å². The number of fused-ring (bicyclic) bond motifs is 14. The smallest absolute Gasteiger partial charge is 0.131 e. The molecule has 0 amide bonds. The third-order valence-corrected chi connectivity index (χ3v) is 13.2. The fourth-order valence-corrected chi connectivity index (χ4v) is 11.0. The fraction of sp³-hybridized carbons (Fsp3) is 0. The van der Waals surface area contributed by atoms with Crippen LogP contribution < -0.4 is 0 Å². The third kappa shape index (κ3) is 3.93. The molecular formula is C52H31N3S. The lowest BCUT2D eigenvalue weighted by Gasteiger charge is -2.24. The summed E-state index contributed by atoms with van der Waals surface area (Å²) in [5.41, 5.74) is 12.1. The van der Waals surface area contributed by atoms with Crippen LogP contribution >= 0.6 is 11.8 Å². The summed E-state index contributed by atoms with van der Waals surface area (Å²) in [6.07, 6.45) is 0. The van der Waals surface area contributed by atoms with Gasteiger partial charge < -0.3 is 4.57 Å². The molecule has 3 aromatic heterocycles. The van der Waals surface area contributed by atoms with Gasteiger partial charge in [-0.1, -0.05) is 157 Å². The molecule has 4 heterocycles. The van der Waals surface area contributed by atoms with Crippen molar-refractivity contribution < 1.29 is 0 Å². The van der Waals surface area contributed by atoms with Crippen molar-refractivity contribution in [1.82, 2.24) is 13.7 Å². The Morgan fingerprint density at radius 1 is 0.339 bits per heavy atom. The maximum atomic E-state index is 2.55. The Kier molecular flexibility index (Phi) is 6.10. The van der Waals surface area contributed by atoms with E-state index < -0.39 is 0 Å². The van der Waals surface area contributed by atoms with Crippen molar-refractivity contribution in [2.45, 2.75) is 9.79 Å². The number of para-hydroxylation sites is 4. The molecule has 0 saturated carbocycles. The summed E-state index contributed by atoms with van der Waals surface area (Å²) in [6.45, 7) is 0. The SMILES string of the molecule is c1ccc(-n2c3ccccc3c3c4cccc5c4n(c32)-c2cccc(-c3ccccc3-n3c4ccc6ccccc6c4c4ccc6ccccc6c43)c2S5)cc1. The molecule has 3 nitrogen and oxygen atoms in total. The van der Waals surface area contributed by atoms with Gasteiger partial charge in [-0.15, -0.1) is 0 Å². The van der Waals surface area contributed by atoms with Gasteiger partial charge in [0.05, 0.1) is 33.4 Å². The highest BCUT2D eigenvalue weighted by atomic mass is 32.2. The van der Waals surface area contributed by atoms with E-state index in [2.05, 4.69) is 202 Å². The minimum Gasteiger partial charge on any atom is -0.308 e. The van der Waals surface area contributed by atoms with Crippen LogP contribution in [0.15, 0.2) is 198 Å². The summed E-state index contributed by atoms with van der Waals surface area (Å²) >= 11 is 1.90. The standard InChI is InChI=1S/C52H31N3S/c1-2-16-34(17-3-1)53-43-25-11-9-21-39(43)48-40-23-13-27-46-50(40)55(52(48)53)45-26-12-22-38(51(45)56-46)37-20-8-10-24-42(37)54-44-31-29-32-14-4-6-18-35(32)47(44)41-30-28-33-15-5-7-19-36(33)49(41)54/h1-31H. The van der Waals surface area contributed by atoms with Gasteiger partial charge >= 0.3 is 0 Å². The highest BCUT2D eigenvalue weighted by molar-refractivity contribution is 8.00. The predicted molar refractivity (Wildman–Crippen MR) is 237 cm³/mol. The molecule has 260 valence electrons. The predicted octanol–water partition coefficient (Wildman–Crippen LogP) is 14.3. The molecule has 4 heteroatoms. The molecule has 0 atom stereocenters. The Bertz CT molecular complexity index is 3620. The highest BCUT2D eigenvalue weighted by Crippen LogP contribution is 2.53. The zero-order valence-electron chi connectivity index (χ0n) is 30.1. The lowest BCUT2D eigenvalue weighted by molar-refractivity contribution is 1.03. The van der Waals surface area contributed by atoms with Crippen molar-refractivity contribution in [3.63, 3.8) is 0 Å². The van der Waals surface area contributed by atoms with Gasteiger partial charge in [-0.3, -0.25) is 9.13 Å². The number of benzene rings is 9. The fourth-order valence-electron chi connectivity index (χ4n) is 9.74. The van der Waals surface area contributed by atoms with E-state index in [0.29, 0.717) is 0 Å². The summed E-state index contributed by atoms with van der Waals surface area (Å²) in [6, 6.07) is 69.3. The zero-order valence-corrected chi connectivity index (χ0v) is 31.0. The van der Waals surface area contributed by atoms with Gasteiger partial charge in [-0.2, -0.15) is 0 Å².